The molecule has 0 unspecified atom stereocenters. The fraction of sp³-hybridized carbons (Fsp3) is 0.292. The van der Waals surface area contributed by atoms with Crippen LogP contribution in [0, 0.1) is 0 Å². The van der Waals surface area contributed by atoms with Crippen molar-refractivity contribution in [2.24, 2.45) is 0 Å². The smallest absolute Gasteiger partial charge is 0.258 e. The average Bonchev–Trinajstić information content (AvgIpc) is 3.27. The highest BCUT2D eigenvalue weighted by Gasteiger charge is 2.22. The van der Waals surface area contributed by atoms with E-state index in [0.717, 1.165) is 61.1 Å². The molecule has 1 N–H and O–H groups in total. The summed E-state index contributed by atoms with van der Waals surface area (Å²) < 4.78 is 2.06. The van der Waals surface area contributed by atoms with Crippen LogP contribution >= 0.6 is 36.6 Å². The molecule has 0 saturated carbocycles. The van der Waals surface area contributed by atoms with Crippen molar-refractivity contribution in [2.45, 2.75) is 11.4 Å². The Balaban J connectivity index is 0.00000162. The number of piperazine rings is 1. The molecule has 180 valence electrons. The molecule has 2 aliphatic heterocycles. The van der Waals surface area contributed by atoms with Gasteiger partial charge in [-0.2, -0.15) is 0 Å². The van der Waals surface area contributed by atoms with Crippen LogP contribution in [-0.4, -0.2) is 70.3 Å². The summed E-state index contributed by atoms with van der Waals surface area (Å²) in [4.78, 5) is 34.6. The van der Waals surface area contributed by atoms with Gasteiger partial charge in [-0.15, -0.1) is 24.8 Å². The number of aromatic nitrogens is 2. The largest absolute Gasteiger partial charge is 0.352 e. The third kappa shape index (κ3) is 5.58. The van der Waals surface area contributed by atoms with E-state index in [1.807, 2.05) is 59.5 Å². The van der Waals surface area contributed by atoms with Crippen LogP contribution in [0.3, 0.4) is 0 Å². The zero-order valence-corrected chi connectivity index (χ0v) is 21.0. The molecule has 7 nitrogen and oxygen atoms in total. The van der Waals surface area contributed by atoms with Gasteiger partial charge in [-0.3, -0.25) is 18.9 Å². The molecule has 34 heavy (non-hydrogen) atoms. The Hall–Kier alpha value is -2.52. The molecule has 0 spiro atoms. The van der Waals surface area contributed by atoms with E-state index >= 15 is 0 Å². The van der Waals surface area contributed by atoms with Crippen molar-refractivity contribution >= 4 is 60.1 Å². The number of thioether (sulfide) groups is 1. The monoisotopic (exact) mass is 519 g/mol. The van der Waals surface area contributed by atoms with E-state index < -0.39 is 0 Å². The predicted molar refractivity (Wildman–Crippen MR) is 140 cm³/mol. The Morgan fingerprint density at radius 3 is 2.50 bits per heavy atom. The molecule has 1 saturated heterocycles. The molecular weight excluding hydrogens is 493 g/mol. The molecule has 0 bridgehead atoms. The second-order valence-electron chi connectivity index (χ2n) is 7.96. The van der Waals surface area contributed by atoms with Crippen molar-refractivity contribution in [2.75, 3.05) is 39.3 Å². The number of rotatable bonds is 6. The van der Waals surface area contributed by atoms with Crippen LogP contribution in [0.1, 0.15) is 22.5 Å². The zero-order chi connectivity index (χ0) is 21.9. The molecule has 3 aromatic rings. The number of nitrogens with zero attached hydrogens (tertiary/aromatic N) is 4. The van der Waals surface area contributed by atoms with Gasteiger partial charge in [0.05, 0.1) is 21.8 Å². The number of hydrogen-bond donors (Lipinski definition) is 1. The van der Waals surface area contributed by atoms with Crippen molar-refractivity contribution in [1.82, 2.24) is 24.5 Å². The first-order valence-corrected chi connectivity index (χ1v) is 11.7. The minimum absolute atomic E-state index is 0. The summed E-state index contributed by atoms with van der Waals surface area (Å²) in [5, 5.41) is 4.05. The van der Waals surface area contributed by atoms with Crippen molar-refractivity contribution in [3.8, 4) is 0 Å². The number of carbonyl (C=O) groups excluding carboxylic acids is 2. The van der Waals surface area contributed by atoms with E-state index in [9.17, 15) is 9.59 Å². The highest BCUT2D eigenvalue weighted by atomic mass is 35.5. The maximum Gasteiger partial charge on any atom is 0.258 e. The third-order valence-corrected chi connectivity index (χ3v) is 6.91. The van der Waals surface area contributed by atoms with Crippen LogP contribution in [0.4, 0.5) is 0 Å². The molecule has 0 radical (unpaired) electrons. The Bertz CT molecular complexity index is 1180. The normalized spacial score (nSPS) is 15.2. The van der Waals surface area contributed by atoms with Gasteiger partial charge in [-0.25, -0.2) is 4.98 Å². The van der Waals surface area contributed by atoms with Gasteiger partial charge in [0.2, 0.25) is 0 Å². The summed E-state index contributed by atoms with van der Waals surface area (Å²) in [7, 11) is 0. The van der Waals surface area contributed by atoms with Crippen LogP contribution in [-0.2, 0) is 4.79 Å². The lowest BCUT2D eigenvalue weighted by atomic mass is 10.2. The number of pyridine rings is 1. The van der Waals surface area contributed by atoms with Crippen LogP contribution in [0.25, 0.3) is 11.7 Å². The SMILES string of the molecule is Cl.Cl.O=C(NCCCN1CCN(C(=O)c2ccccc2)CC1)C1=Cc2cnc3cccc(n23)S1. The number of carbonyl (C=O) groups is 2. The lowest BCUT2D eigenvalue weighted by molar-refractivity contribution is -0.116. The number of imidazole rings is 1. The van der Waals surface area contributed by atoms with Gasteiger partial charge in [0.15, 0.2) is 0 Å². The molecule has 5 rings (SSSR count). The molecule has 2 aliphatic rings. The number of benzene rings is 1. The number of halogens is 2. The van der Waals surface area contributed by atoms with E-state index in [1.165, 1.54) is 11.8 Å². The minimum atomic E-state index is -0.0438. The van der Waals surface area contributed by atoms with Crippen LogP contribution < -0.4 is 5.32 Å². The quantitative estimate of drug-likeness (QED) is 0.504. The van der Waals surface area contributed by atoms with E-state index in [1.54, 1.807) is 6.20 Å². The molecule has 0 aliphatic carbocycles. The van der Waals surface area contributed by atoms with Gasteiger partial charge in [0, 0.05) is 38.3 Å². The maximum absolute atomic E-state index is 12.7. The standard InChI is InChI=1S/C24H25N5O2S.2ClH/c30-23(20-16-19-17-26-21-8-4-9-22(32-20)29(19)21)25-10-5-11-27-12-14-28(15-13-27)24(31)18-6-2-1-3-7-18;;/h1-4,6-9,16-17H,5,10-15H2,(H,25,30);2*1H. The summed E-state index contributed by atoms with van der Waals surface area (Å²) in [6.07, 6.45) is 4.58. The van der Waals surface area contributed by atoms with Gasteiger partial charge in [0.1, 0.15) is 5.65 Å². The van der Waals surface area contributed by atoms with Crippen LogP contribution in [0.2, 0.25) is 0 Å². The van der Waals surface area contributed by atoms with Gasteiger partial charge in [-0.1, -0.05) is 36.0 Å². The third-order valence-electron chi connectivity index (χ3n) is 5.86. The van der Waals surface area contributed by atoms with Crippen LogP contribution in [0.15, 0.2) is 64.7 Å². The average molecular weight is 520 g/mol. The highest BCUT2D eigenvalue weighted by Crippen LogP contribution is 2.34. The van der Waals surface area contributed by atoms with Gasteiger partial charge < -0.3 is 10.2 Å². The first-order valence-electron chi connectivity index (χ1n) is 10.9. The Labute approximate surface area is 215 Å². The molecule has 4 heterocycles. The van der Waals surface area contributed by atoms with E-state index in [2.05, 4.69) is 19.6 Å². The Morgan fingerprint density at radius 1 is 0.971 bits per heavy atom. The molecular formula is C24H27Cl2N5O2S. The minimum Gasteiger partial charge on any atom is -0.352 e. The van der Waals surface area contributed by atoms with E-state index in [4.69, 9.17) is 0 Å². The summed E-state index contributed by atoms with van der Waals surface area (Å²) >= 11 is 1.47. The summed E-state index contributed by atoms with van der Waals surface area (Å²) in [6, 6.07) is 15.4. The Kier molecular flexibility index (Phi) is 9.02. The van der Waals surface area contributed by atoms with E-state index in [-0.39, 0.29) is 36.6 Å². The Morgan fingerprint density at radius 2 is 1.74 bits per heavy atom. The first kappa shape index (κ1) is 26.1. The highest BCUT2D eigenvalue weighted by molar-refractivity contribution is 8.04. The second kappa shape index (κ2) is 11.8. The summed E-state index contributed by atoms with van der Waals surface area (Å²) in [5.41, 5.74) is 2.58. The molecule has 1 fully saturated rings. The summed E-state index contributed by atoms with van der Waals surface area (Å²) in [6.45, 7) is 4.74. The molecule has 10 heteroatoms. The fourth-order valence-electron chi connectivity index (χ4n) is 4.13. The van der Waals surface area contributed by atoms with Crippen molar-refractivity contribution in [1.29, 1.82) is 0 Å². The predicted octanol–water partition coefficient (Wildman–Crippen LogP) is 3.59. The lowest BCUT2D eigenvalue weighted by Crippen LogP contribution is -2.49. The topological polar surface area (TPSA) is 70.0 Å². The molecule has 1 aromatic carbocycles. The van der Waals surface area contributed by atoms with Crippen molar-refractivity contribution < 1.29 is 9.59 Å². The fourth-order valence-corrected chi connectivity index (χ4v) is 5.13. The number of hydrogen-bond acceptors (Lipinski definition) is 5. The number of amides is 2. The van der Waals surface area contributed by atoms with Gasteiger partial charge in [-0.05, 0) is 43.3 Å². The van der Waals surface area contributed by atoms with Crippen LogP contribution in [0.5, 0.6) is 0 Å². The zero-order valence-electron chi connectivity index (χ0n) is 18.6. The van der Waals surface area contributed by atoms with E-state index in [0.29, 0.717) is 11.4 Å². The second-order valence-corrected chi connectivity index (χ2v) is 9.02. The van der Waals surface area contributed by atoms with Gasteiger partial charge in [0.25, 0.3) is 11.8 Å². The molecule has 2 aromatic heterocycles. The van der Waals surface area contributed by atoms with Crippen molar-refractivity contribution in [3.05, 3.63) is 70.9 Å². The molecule has 2 amide bonds. The van der Waals surface area contributed by atoms with Crippen molar-refractivity contribution in [3.63, 3.8) is 0 Å². The number of nitrogens with one attached hydrogen (secondary N) is 1. The van der Waals surface area contributed by atoms with Gasteiger partial charge >= 0.3 is 0 Å². The maximum atomic E-state index is 12.7. The summed E-state index contributed by atoms with van der Waals surface area (Å²) in [5.74, 6) is 0.0607. The lowest BCUT2D eigenvalue weighted by Gasteiger charge is -2.34. The molecule has 0 atom stereocenters. The first-order chi connectivity index (χ1) is 15.7.